The van der Waals surface area contributed by atoms with E-state index in [1.807, 2.05) is 11.9 Å². The normalized spacial score (nSPS) is 12.1. The van der Waals surface area contributed by atoms with Crippen molar-refractivity contribution in [3.63, 3.8) is 0 Å². The summed E-state index contributed by atoms with van der Waals surface area (Å²) >= 11 is 0. The average Bonchev–Trinajstić information content (AvgIpc) is 2.99. The molecule has 0 aliphatic rings. The molecule has 6 nitrogen and oxygen atoms in total. The number of amides is 1. The van der Waals surface area contributed by atoms with Gasteiger partial charge in [-0.15, -0.1) is 0 Å². The van der Waals surface area contributed by atoms with Crippen molar-refractivity contribution in [1.29, 1.82) is 0 Å². The number of rotatable bonds is 33. The summed E-state index contributed by atoms with van der Waals surface area (Å²) < 4.78 is 5.88. The summed E-state index contributed by atoms with van der Waals surface area (Å²) in [5.74, 6) is 0.278. The Morgan fingerprint density at radius 2 is 1.00 bits per heavy atom. The van der Waals surface area contributed by atoms with Crippen LogP contribution >= 0.6 is 0 Å². The molecule has 0 fully saturated rings. The molecule has 0 saturated carbocycles. The Balaban J connectivity index is 3.95. The SMILES string of the molecule is CCCCCCCCN(C)C(=O)CCCCCN(CCO)CCCCCCCC(=O)OC(CCCCC)CCCCCC. The highest BCUT2D eigenvalue weighted by molar-refractivity contribution is 5.75. The summed E-state index contributed by atoms with van der Waals surface area (Å²) in [7, 11) is 1.95. The standard InChI is InChI=1S/C37H74N2O4/c1-5-8-11-13-16-23-30-38(4)36(41)28-21-18-25-32-39(33-34-40)31-24-17-14-15-22-29-37(42)43-35(26-19-10-7-3)27-20-12-9-6-2/h35,40H,5-34H2,1-4H3. The summed E-state index contributed by atoms with van der Waals surface area (Å²) in [6, 6.07) is 0. The van der Waals surface area contributed by atoms with Gasteiger partial charge in [0.05, 0.1) is 6.61 Å². The quantitative estimate of drug-likeness (QED) is 0.0592. The molecule has 0 heterocycles. The Kier molecular flexibility index (Phi) is 31.4. The highest BCUT2D eigenvalue weighted by Gasteiger charge is 2.14. The summed E-state index contributed by atoms with van der Waals surface area (Å²) in [5.41, 5.74) is 0. The molecule has 0 aromatic heterocycles. The van der Waals surface area contributed by atoms with Gasteiger partial charge in [0.25, 0.3) is 0 Å². The van der Waals surface area contributed by atoms with Crippen molar-refractivity contribution in [3.05, 3.63) is 0 Å². The van der Waals surface area contributed by atoms with Crippen LogP contribution in [0.4, 0.5) is 0 Å². The summed E-state index contributed by atoms with van der Waals surface area (Å²) in [6.07, 6.45) is 27.9. The van der Waals surface area contributed by atoms with Gasteiger partial charge in [-0.3, -0.25) is 9.59 Å². The van der Waals surface area contributed by atoms with Crippen LogP contribution in [-0.4, -0.2) is 72.7 Å². The first-order valence-electron chi connectivity index (χ1n) is 18.7. The molecule has 0 aromatic rings. The lowest BCUT2D eigenvalue weighted by atomic mass is 10.0. The van der Waals surface area contributed by atoms with Crippen molar-refractivity contribution < 1.29 is 19.4 Å². The lowest BCUT2D eigenvalue weighted by Crippen LogP contribution is -2.29. The number of ether oxygens (including phenoxy) is 1. The van der Waals surface area contributed by atoms with Crippen molar-refractivity contribution in [2.45, 2.75) is 187 Å². The minimum absolute atomic E-state index is 0.00254. The molecule has 256 valence electrons. The Morgan fingerprint density at radius 3 is 1.60 bits per heavy atom. The minimum Gasteiger partial charge on any atom is -0.462 e. The molecule has 0 aliphatic carbocycles. The van der Waals surface area contributed by atoms with Gasteiger partial charge in [0.1, 0.15) is 6.10 Å². The van der Waals surface area contributed by atoms with Gasteiger partial charge in [0, 0.05) is 33.0 Å². The van der Waals surface area contributed by atoms with E-state index in [-0.39, 0.29) is 24.6 Å². The van der Waals surface area contributed by atoms with E-state index in [9.17, 15) is 14.7 Å². The van der Waals surface area contributed by atoms with E-state index in [0.29, 0.717) is 12.8 Å². The number of esters is 1. The van der Waals surface area contributed by atoms with E-state index < -0.39 is 0 Å². The second kappa shape index (κ2) is 32.3. The van der Waals surface area contributed by atoms with E-state index in [1.165, 1.54) is 70.6 Å². The molecule has 43 heavy (non-hydrogen) atoms. The lowest BCUT2D eigenvalue weighted by Gasteiger charge is -2.21. The third kappa shape index (κ3) is 28.1. The maximum absolute atomic E-state index is 12.5. The summed E-state index contributed by atoms with van der Waals surface area (Å²) in [4.78, 5) is 29.1. The van der Waals surface area contributed by atoms with Crippen molar-refractivity contribution in [2.24, 2.45) is 0 Å². The number of nitrogens with zero attached hydrogens (tertiary/aromatic N) is 2. The molecule has 0 aromatic carbocycles. The van der Waals surface area contributed by atoms with Crippen LogP contribution in [-0.2, 0) is 14.3 Å². The van der Waals surface area contributed by atoms with Crippen LogP contribution < -0.4 is 0 Å². The lowest BCUT2D eigenvalue weighted by molar-refractivity contribution is -0.150. The van der Waals surface area contributed by atoms with Crippen LogP contribution in [0.15, 0.2) is 0 Å². The number of hydrogen-bond acceptors (Lipinski definition) is 5. The maximum Gasteiger partial charge on any atom is 0.306 e. The van der Waals surface area contributed by atoms with Crippen LogP contribution in [0.1, 0.15) is 181 Å². The fourth-order valence-electron chi connectivity index (χ4n) is 5.77. The molecule has 1 N–H and O–H groups in total. The van der Waals surface area contributed by atoms with Gasteiger partial charge in [-0.1, -0.05) is 111 Å². The first kappa shape index (κ1) is 41.9. The topological polar surface area (TPSA) is 70.1 Å². The number of hydrogen-bond donors (Lipinski definition) is 1. The summed E-state index contributed by atoms with van der Waals surface area (Å²) in [5, 5.41) is 9.49. The summed E-state index contributed by atoms with van der Waals surface area (Å²) in [6.45, 7) is 10.5. The molecule has 1 unspecified atom stereocenters. The Bertz CT molecular complexity index is 615. The average molecular weight is 611 g/mol. The third-order valence-electron chi connectivity index (χ3n) is 8.72. The fourth-order valence-corrected chi connectivity index (χ4v) is 5.77. The van der Waals surface area contributed by atoms with Crippen LogP contribution in [0.3, 0.4) is 0 Å². The Morgan fingerprint density at radius 1 is 0.558 bits per heavy atom. The predicted octanol–water partition coefficient (Wildman–Crippen LogP) is 9.46. The molecular formula is C37H74N2O4. The zero-order valence-electron chi connectivity index (χ0n) is 29.4. The molecule has 0 aliphatic heterocycles. The van der Waals surface area contributed by atoms with Crippen molar-refractivity contribution >= 4 is 11.9 Å². The van der Waals surface area contributed by atoms with E-state index in [1.54, 1.807) is 0 Å². The van der Waals surface area contributed by atoms with Crippen molar-refractivity contribution in [2.75, 3.05) is 39.8 Å². The Labute approximate surface area is 268 Å². The Hall–Kier alpha value is -1.14. The molecule has 0 spiro atoms. The third-order valence-corrected chi connectivity index (χ3v) is 8.72. The number of carbonyl (C=O) groups excluding carboxylic acids is 2. The van der Waals surface area contributed by atoms with E-state index in [2.05, 4.69) is 25.7 Å². The van der Waals surface area contributed by atoms with Gasteiger partial charge in [-0.05, 0) is 70.9 Å². The van der Waals surface area contributed by atoms with E-state index in [4.69, 9.17) is 4.74 Å². The maximum atomic E-state index is 12.5. The number of carbonyl (C=O) groups is 2. The molecule has 1 atom stereocenters. The zero-order chi connectivity index (χ0) is 31.8. The highest BCUT2D eigenvalue weighted by atomic mass is 16.5. The van der Waals surface area contributed by atoms with Crippen LogP contribution in [0.25, 0.3) is 0 Å². The molecule has 0 saturated heterocycles. The smallest absolute Gasteiger partial charge is 0.306 e. The van der Waals surface area contributed by atoms with Gasteiger partial charge >= 0.3 is 5.97 Å². The number of aliphatic hydroxyl groups excluding tert-OH is 1. The van der Waals surface area contributed by atoms with Crippen molar-refractivity contribution in [1.82, 2.24) is 9.80 Å². The first-order valence-corrected chi connectivity index (χ1v) is 18.7. The second-order valence-corrected chi connectivity index (χ2v) is 12.9. The molecular weight excluding hydrogens is 536 g/mol. The number of aliphatic hydroxyl groups is 1. The molecule has 0 radical (unpaired) electrons. The monoisotopic (exact) mass is 611 g/mol. The predicted molar refractivity (Wildman–Crippen MR) is 183 cm³/mol. The van der Waals surface area contributed by atoms with Crippen LogP contribution in [0, 0.1) is 0 Å². The van der Waals surface area contributed by atoms with Gasteiger partial charge < -0.3 is 19.6 Å². The molecule has 0 rings (SSSR count). The first-order chi connectivity index (χ1) is 21.0. The van der Waals surface area contributed by atoms with Crippen LogP contribution in [0.2, 0.25) is 0 Å². The second-order valence-electron chi connectivity index (χ2n) is 12.9. The zero-order valence-corrected chi connectivity index (χ0v) is 29.4. The molecule has 6 heteroatoms. The molecule has 1 amide bonds. The highest BCUT2D eigenvalue weighted by Crippen LogP contribution is 2.17. The van der Waals surface area contributed by atoms with Gasteiger partial charge in [-0.25, -0.2) is 0 Å². The van der Waals surface area contributed by atoms with E-state index in [0.717, 1.165) is 103 Å². The number of unbranched alkanes of at least 4 members (excludes halogenated alkanes) is 16. The largest absolute Gasteiger partial charge is 0.462 e. The molecule has 0 bridgehead atoms. The van der Waals surface area contributed by atoms with Gasteiger partial charge in [-0.2, -0.15) is 0 Å². The van der Waals surface area contributed by atoms with Crippen molar-refractivity contribution in [3.8, 4) is 0 Å². The van der Waals surface area contributed by atoms with Gasteiger partial charge in [0.15, 0.2) is 0 Å². The fraction of sp³-hybridized carbons (Fsp3) is 0.946. The minimum atomic E-state index is -0.00254. The van der Waals surface area contributed by atoms with Gasteiger partial charge in [0.2, 0.25) is 5.91 Å². The van der Waals surface area contributed by atoms with E-state index >= 15 is 0 Å². The van der Waals surface area contributed by atoms with Crippen LogP contribution in [0.5, 0.6) is 0 Å².